The van der Waals surface area contributed by atoms with Crippen molar-refractivity contribution >= 4 is 5.97 Å². The lowest BCUT2D eigenvalue weighted by molar-refractivity contribution is -0.140. The first-order valence-corrected chi connectivity index (χ1v) is 6.44. The van der Waals surface area contributed by atoms with Crippen LogP contribution in [0.2, 0.25) is 0 Å². The molecule has 0 radical (unpaired) electrons. The first-order valence-electron chi connectivity index (χ1n) is 6.44. The van der Waals surface area contributed by atoms with E-state index in [-0.39, 0.29) is 18.2 Å². The van der Waals surface area contributed by atoms with Gasteiger partial charge in [0.1, 0.15) is 18.3 Å². The quantitative estimate of drug-likeness (QED) is 0.322. The zero-order chi connectivity index (χ0) is 12.8. The molecule has 0 bridgehead atoms. The Morgan fingerprint density at radius 2 is 2.33 bits per heavy atom. The monoisotopic (exact) mass is 250 g/mol. The number of allylic oxidation sites excluding steroid dienone is 1. The van der Waals surface area contributed by atoms with E-state index >= 15 is 0 Å². The molecule has 0 N–H and O–H groups in total. The molecule has 4 unspecified atom stereocenters. The number of esters is 1. The summed E-state index contributed by atoms with van der Waals surface area (Å²) < 4.78 is 15.9. The van der Waals surface area contributed by atoms with Crippen LogP contribution in [0.25, 0.3) is 0 Å². The van der Waals surface area contributed by atoms with Crippen LogP contribution in [-0.4, -0.2) is 37.0 Å². The molecule has 98 valence electrons. The molecule has 0 aromatic rings. The first kappa shape index (κ1) is 11.9. The Morgan fingerprint density at radius 1 is 1.56 bits per heavy atom. The van der Waals surface area contributed by atoms with Gasteiger partial charge in [-0.25, -0.2) is 4.79 Å². The second-order valence-corrected chi connectivity index (χ2v) is 5.30. The van der Waals surface area contributed by atoms with Crippen LogP contribution in [-0.2, 0) is 19.0 Å². The zero-order valence-electron chi connectivity index (χ0n) is 10.4. The Labute approximate surface area is 107 Å². The van der Waals surface area contributed by atoms with E-state index in [1.165, 1.54) is 0 Å². The summed E-state index contributed by atoms with van der Waals surface area (Å²) in [7, 11) is 0. The molecule has 1 saturated carbocycles. The molecule has 1 aliphatic carbocycles. The van der Waals surface area contributed by atoms with Crippen molar-refractivity contribution < 1.29 is 19.0 Å². The third kappa shape index (κ3) is 1.99. The lowest BCUT2D eigenvalue weighted by Crippen LogP contribution is -2.30. The Hall–Kier alpha value is -1.13. The Balaban J connectivity index is 1.56. The summed E-state index contributed by atoms with van der Waals surface area (Å²) in [5.74, 6) is 0.152. The average molecular weight is 250 g/mol. The molecule has 4 nitrogen and oxygen atoms in total. The molecule has 2 aliphatic heterocycles. The number of fused-ring (bicyclic) bond motifs is 1. The van der Waals surface area contributed by atoms with Gasteiger partial charge in [-0.15, -0.1) is 6.58 Å². The lowest BCUT2D eigenvalue weighted by atomic mass is 9.79. The first-order chi connectivity index (χ1) is 8.65. The van der Waals surface area contributed by atoms with Gasteiger partial charge < -0.3 is 14.2 Å². The van der Waals surface area contributed by atoms with E-state index in [1.807, 2.05) is 6.08 Å². The van der Waals surface area contributed by atoms with Crippen LogP contribution in [0.4, 0.5) is 0 Å². The third-order valence-corrected chi connectivity index (χ3v) is 4.11. The van der Waals surface area contributed by atoms with Crippen LogP contribution in [0, 0.1) is 5.92 Å². The van der Waals surface area contributed by atoms with Gasteiger partial charge in [-0.3, -0.25) is 0 Å². The molecular formula is C14H18O4. The molecule has 3 aliphatic rings. The average Bonchev–Trinajstić information content (AvgIpc) is 3.27. The van der Waals surface area contributed by atoms with Crippen LogP contribution in [0.15, 0.2) is 24.8 Å². The maximum absolute atomic E-state index is 11.9. The highest BCUT2D eigenvalue weighted by atomic mass is 16.6. The number of carbonyl (C=O) groups excluding carboxylic acids is 1. The third-order valence-electron chi connectivity index (χ3n) is 4.11. The summed E-state index contributed by atoms with van der Waals surface area (Å²) in [5, 5.41) is 0. The summed E-state index contributed by atoms with van der Waals surface area (Å²) >= 11 is 0. The number of carbonyl (C=O) groups is 1. The van der Waals surface area contributed by atoms with E-state index in [2.05, 4.69) is 13.2 Å². The lowest BCUT2D eigenvalue weighted by Gasteiger charge is -2.22. The van der Waals surface area contributed by atoms with Gasteiger partial charge in [-0.2, -0.15) is 0 Å². The van der Waals surface area contributed by atoms with Gasteiger partial charge in [0.15, 0.2) is 0 Å². The fourth-order valence-electron chi connectivity index (χ4n) is 2.69. The molecule has 4 atom stereocenters. The summed E-state index contributed by atoms with van der Waals surface area (Å²) in [6.07, 6.45) is 4.94. The molecule has 2 saturated heterocycles. The zero-order valence-corrected chi connectivity index (χ0v) is 10.4. The summed E-state index contributed by atoms with van der Waals surface area (Å²) in [6, 6.07) is 0. The summed E-state index contributed by atoms with van der Waals surface area (Å²) in [4.78, 5) is 11.9. The predicted molar refractivity (Wildman–Crippen MR) is 65.0 cm³/mol. The van der Waals surface area contributed by atoms with Crippen molar-refractivity contribution in [3.63, 3.8) is 0 Å². The Kier molecular flexibility index (Phi) is 2.79. The summed E-state index contributed by atoms with van der Waals surface area (Å²) in [6.45, 7) is 8.70. The van der Waals surface area contributed by atoms with Gasteiger partial charge in [-0.05, 0) is 25.2 Å². The minimum absolute atomic E-state index is 0.0895. The normalized spacial score (nSPS) is 40.6. The van der Waals surface area contributed by atoms with Gasteiger partial charge in [0, 0.05) is 0 Å². The van der Waals surface area contributed by atoms with E-state index in [0.717, 1.165) is 19.3 Å². The number of rotatable bonds is 5. The molecule has 4 heteroatoms. The van der Waals surface area contributed by atoms with Crippen molar-refractivity contribution in [3.8, 4) is 0 Å². The van der Waals surface area contributed by atoms with Crippen molar-refractivity contribution in [3.05, 3.63) is 24.8 Å². The molecule has 3 rings (SSSR count). The van der Waals surface area contributed by atoms with Crippen molar-refractivity contribution in [1.82, 2.24) is 0 Å². The molecule has 0 aromatic carbocycles. The van der Waals surface area contributed by atoms with Crippen LogP contribution in [0.3, 0.4) is 0 Å². The second-order valence-electron chi connectivity index (χ2n) is 5.30. The van der Waals surface area contributed by atoms with Gasteiger partial charge >= 0.3 is 5.97 Å². The van der Waals surface area contributed by atoms with Crippen LogP contribution < -0.4 is 0 Å². The molecule has 3 fully saturated rings. The fourth-order valence-corrected chi connectivity index (χ4v) is 2.69. The highest BCUT2D eigenvalue weighted by Crippen LogP contribution is 2.53. The standard InChI is InChI=1S/C14H18O4/c1-3-10-4-5-14(12(6-10)18-14)9(2)13(15)17-8-11-7-16-11/h3,10-12H,1-2,4-8H2. The van der Waals surface area contributed by atoms with E-state index in [4.69, 9.17) is 14.2 Å². The van der Waals surface area contributed by atoms with Gasteiger partial charge in [0.05, 0.1) is 18.3 Å². The van der Waals surface area contributed by atoms with E-state index in [9.17, 15) is 4.79 Å². The Morgan fingerprint density at radius 3 is 2.94 bits per heavy atom. The number of epoxide rings is 2. The largest absolute Gasteiger partial charge is 0.459 e. The van der Waals surface area contributed by atoms with Gasteiger partial charge in [0.2, 0.25) is 0 Å². The van der Waals surface area contributed by atoms with Crippen molar-refractivity contribution in [2.45, 2.75) is 37.1 Å². The minimum atomic E-state index is -0.443. The Bertz CT molecular complexity index is 399. The number of hydrogen-bond acceptors (Lipinski definition) is 4. The number of ether oxygens (including phenoxy) is 3. The number of hydrogen-bond donors (Lipinski definition) is 0. The summed E-state index contributed by atoms with van der Waals surface area (Å²) in [5.41, 5.74) is 0.0248. The maximum atomic E-state index is 11.9. The molecular weight excluding hydrogens is 232 g/mol. The molecule has 0 aromatic heterocycles. The van der Waals surface area contributed by atoms with Crippen molar-refractivity contribution in [2.75, 3.05) is 13.2 Å². The van der Waals surface area contributed by atoms with E-state index < -0.39 is 5.60 Å². The van der Waals surface area contributed by atoms with Crippen LogP contribution in [0.5, 0.6) is 0 Å². The SMILES string of the molecule is C=CC1CCC2(C(=C)C(=O)OCC3CO3)OC2C1. The van der Waals surface area contributed by atoms with Crippen LogP contribution in [0.1, 0.15) is 19.3 Å². The van der Waals surface area contributed by atoms with E-state index in [0.29, 0.717) is 24.7 Å². The highest BCUT2D eigenvalue weighted by molar-refractivity contribution is 5.91. The minimum Gasteiger partial charge on any atom is -0.459 e. The molecule has 0 spiro atoms. The van der Waals surface area contributed by atoms with Crippen LogP contribution >= 0.6 is 0 Å². The van der Waals surface area contributed by atoms with Crippen molar-refractivity contribution in [2.24, 2.45) is 5.92 Å². The van der Waals surface area contributed by atoms with E-state index in [1.54, 1.807) is 0 Å². The fraction of sp³-hybridized carbons (Fsp3) is 0.643. The molecule has 0 amide bonds. The topological polar surface area (TPSA) is 51.4 Å². The predicted octanol–water partition coefficient (Wildman–Crippen LogP) is 1.61. The smallest absolute Gasteiger partial charge is 0.336 e. The molecule has 18 heavy (non-hydrogen) atoms. The van der Waals surface area contributed by atoms with Gasteiger partial charge in [-0.1, -0.05) is 12.7 Å². The molecule has 2 heterocycles. The van der Waals surface area contributed by atoms with Crippen molar-refractivity contribution in [1.29, 1.82) is 0 Å². The van der Waals surface area contributed by atoms with Gasteiger partial charge in [0.25, 0.3) is 0 Å². The maximum Gasteiger partial charge on any atom is 0.336 e. The second kappa shape index (κ2) is 4.21. The highest BCUT2D eigenvalue weighted by Gasteiger charge is 2.62.